The number of anilines is 2. The highest BCUT2D eigenvalue weighted by molar-refractivity contribution is 7.92. The van der Waals surface area contributed by atoms with Crippen molar-refractivity contribution in [2.75, 3.05) is 10.0 Å². The monoisotopic (exact) mass is 487 g/mol. The quantitative estimate of drug-likeness (QED) is 0.429. The number of fused-ring (bicyclic) bond motifs is 1. The van der Waals surface area contributed by atoms with E-state index in [4.69, 9.17) is 11.6 Å². The molecule has 0 atom stereocenters. The normalized spacial score (nSPS) is 11.5. The zero-order valence-electron chi connectivity index (χ0n) is 17.0. The Balaban J connectivity index is 1.62. The van der Waals surface area contributed by atoms with E-state index in [-0.39, 0.29) is 20.4 Å². The summed E-state index contributed by atoms with van der Waals surface area (Å²) in [5.41, 5.74) is 2.55. The molecule has 0 fully saturated rings. The Bertz CT molecular complexity index is 1520. The molecule has 2 N–H and O–H groups in total. The zero-order valence-corrected chi connectivity index (χ0v) is 19.4. The molecule has 7 nitrogen and oxygen atoms in total. The first-order valence-corrected chi connectivity index (χ1v) is 12.1. The van der Waals surface area contributed by atoms with Crippen LogP contribution < -0.4 is 14.9 Å². The van der Waals surface area contributed by atoms with Crippen LogP contribution in [0.5, 0.6) is 0 Å². The highest BCUT2D eigenvalue weighted by atomic mass is 35.5. The maximum Gasteiger partial charge on any atom is 0.307 e. The van der Waals surface area contributed by atoms with Gasteiger partial charge in [-0.05, 0) is 55.0 Å². The van der Waals surface area contributed by atoms with Crippen molar-refractivity contribution in [2.45, 2.75) is 11.8 Å². The Morgan fingerprint density at radius 3 is 2.56 bits per heavy atom. The molecule has 10 heteroatoms. The van der Waals surface area contributed by atoms with Crippen LogP contribution >= 0.6 is 22.9 Å². The molecule has 1 heterocycles. The van der Waals surface area contributed by atoms with E-state index >= 15 is 0 Å². The molecular weight excluding hydrogens is 470 g/mol. The number of aryl methyl sites for hydroxylation is 2. The molecule has 32 heavy (non-hydrogen) atoms. The summed E-state index contributed by atoms with van der Waals surface area (Å²) in [6.07, 6.45) is 0. The average molecular weight is 488 g/mol. The van der Waals surface area contributed by atoms with Gasteiger partial charge in [0.25, 0.3) is 15.9 Å². The van der Waals surface area contributed by atoms with Gasteiger partial charge in [0.05, 0.1) is 20.9 Å². The summed E-state index contributed by atoms with van der Waals surface area (Å²) in [6, 6.07) is 16.1. The topological polar surface area (TPSA) is 97.3 Å². The molecular formula is C22H18ClN3O4S2. The van der Waals surface area contributed by atoms with Gasteiger partial charge in [0.2, 0.25) is 0 Å². The third kappa shape index (κ3) is 4.27. The number of thiazole rings is 1. The molecule has 0 spiro atoms. The average Bonchev–Trinajstić information content (AvgIpc) is 3.02. The molecule has 4 aromatic rings. The van der Waals surface area contributed by atoms with Crippen LogP contribution in [-0.4, -0.2) is 18.9 Å². The molecule has 3 aromatic carbocycles. The number of amides is 1. The molecule has 0 aliphatic rings. The van der Waals surface area contributed by atoms with Crippen LogP contribution in [0.25, 0.3) is 10.2 Å². The van der Waals surface area contributed by atoms with Gasteiger partial charge in [-0.1, -0.05) is 41.1 Å². The molecule has 1 aromatic heterocycles. The van der Waals surface area contributed by atoms with Gasteiger partial charge in [0.1, 0.15) is 4.90 Å². The molecule has 0 unspecified atom stereocenters. The molecule has 0 radical (unpaired) electrons. The predicted molar refractivity (Wildman–Crippen MR) is 128 cm³/mol. The molecule has 0 aliphatic heterocycles. The Morgan fingerprint density at radius 1 is 1.06 bits per heavy atom. The van der Waals surface area contributed by atoms with Crippen LogP contribution in [0.2, 0.25) is 5.02 Å². The van der Waals surface area contributed by atoms with Crippen LogP contribution in [0.4, 0.5) is 11.4 Å². The van der Waals surface area contributed by atoms with Crippen molar-refractivity contribution in [3.05, 3.63) is 86.5 Å². The van der Waals surface area contributed by atoms with Crippen molar-refractivity contribution in [2.24, 2.45) is 7.05 Å². The molecule has 1 amide bonds. The highest BCUT2D eigenvalue weighted by Gasteiger charge is 2.21. The van der Waals surface area contributed by atoms with E-state index in [0.29, 0.717) is 11.4 Å². The lowest BCUT2D eigenvalue weighted by Gasteiger charge is -2.13. The maximum atomic E-state index is 12.9. The Morgan fingerprint density at radius 2 is 1.81 bits per heavy atom. The van der Waals surface area contributed by atoms with Crippen molar-refractivity contribution >= 4 is 60.5 Å². The summed E-state index contributed by atoms with van der Waals surface area (Å²) in [4.78, 5) is 24.3. The Hall–Kier alpha value is -3.14. The Kier molecular flexibility index (Phi) is 5.81. The number of para-hydroxylation sites is 1. The number of nitrogens with one attached hydrogen (secondary N) is 2. The number of carbonyl (C=O) groups excluding carboxylic acids is 1. The van der Waals surface area contributed by atoms with E-state index in [9.17, 15) is 18.0 Å². The molecule has 0 saturated carbocycles. The summed E-state index contributed by atoms with van der Waals surface area (Å²) in [7, 11) is -2.34. The third-order valence-corrected chi connectivity index (χ3v) is 7.76. The summed E-state index contributed by atoms with van der Waals surface area (Å²) in [6.45, 7) is 1.78. The highest BCUT2D eigenvalue weighted by Crippen LogP contribution is 2.27. The van der Waals surface area contributed by atoms with Gasteiger partial charge in [0.15, 0.2) is 0 Å². The summed E-state index contributed by atoms with van der Waals surface area (Å²) in [5.74, 6) is -0.503. The fourth-order valence-corrected chi connectivity index (χ4v) is 5.73. The van der Waals surface area contributed by atoms with Gasteiger partial charge in [-0.25, -0.2) is 8.42 Å². The minimum atomic E-state index is -4.02. The lowest BCUT2D eigenvalue weighted by atomic mass is 10.2. The SMILES string of the molecule is Cc1ccccc1NS(=O)(=O)c1cc(C(=O)Nc2ccc3c(c2)sc(=O)n3C)ccc1Cl. The number of carbonyl (C=O) groups is 1. The fourth-order valence-electron chi connectivity index (χ4n) is 3.15. The van der Waals surface area contributed by atoms with Crippen LogP contribution in [0.1, 0.15) is 15.9 Å². The van der Waals surface area contributed by atoms with Crippen LogP contribution in [0, 0.1) is 6.92 Å². The molecule has 164 valence electrons. The first kappa shape index (κ1) is 22.1. The van der Waals surface area contributed by atoms with Gasteiger partial charge >= 0.3 is 4.87 Å². The number of nitrogens with zero attached hydrogens (tertiary/aromatic N) is 1. The second-order valence-corrected chi connectivity index (χ2v) is 10.2. The van der Waals surface area contributed by atoms with Crippen molar-refractivity contribution in [1.82, 2.24) is 4.57 Å². The summed E-state index contributed by atoms with van der Waals surface area (Å²) >= 11 is 7.23. The molecule has 0 saturated heterocycles. The Labute approximate surface area is 193 Å². The van der Waals surface area contributed by atoms with E-state index < -0.39 is 15.9 Å². The second-order valence-electron chi connectivity index (χ2n) is 7.13. The minimum absolute atomic E-state index is 0.00175. The van der Waals surface area contributed by atoms with Gasteiger partial charge in [-0.3, -0.25) is 14.3 Å². The smallest absolute Gasteiger partial charge is 0.307 e. The van der Waals surface area contributed by atoms with E-state index in [1.165, 1.54) is 22.8 Å². The largest absolute Gasteiger partial charge is 0.322 e. The van der Waals surface area contributed by atoms with E-state index in [1.54, 1.807) is 56.4 Å². The first-order valence-electron chi connectivity index (χ1n) is 9.44. The van der Waals surface area contributed by atoms with Crippen LogP contribution in [0.15, 0.2) is 70.4 Å². The van der Waals surface area contributed by atoms with Gasteiger partial charge in [-0.2, -0.15) is 0 Å². The number of rotatable bonds is 5. The van der Waals surface area contributed by atoms with Crippen molar-refractivity contribution in [3.63, 3.8) is 0 Å². The maximum absolute atomic E-state index is 12.9. The molecule has 0 bridgehead atoms. The van der Waals surface area contributed by atoms with Gasteiger partial charge < -0.3 is 9.88 Å². The van der Waals surface area contributed by atoms with Gasteiger partial charge in [-0.15, -0.1) is 0 Å². The minimum Gasteiger partial charge on any atom is -0.322 e. The van der Waals surface area contributed by atoms with Crippen molar-refractivity contribution < 1.29 is 13.2 Å². The van der Waals surface area contributed by atoms with Crippen molar-refractivity contribution in [3.8, 4) is 0 Å². The first-order chi connectivity index (χ1) is 15.2. The summed E-state index contributed by atoms with van der Waals surface area (Å²) < 4.78 is 30.6. The van der Waals surface area contributed by atoms with Crippen molar-refractivity contribution in [1.29, 1.82) is 0 Å². The van der Waals surface area contributed by atoms with E-state index in [1.807, 2.05) is 0 Å². The van der Waals surface area contributed by atoms with Crippen LogP contribution in [0.3, 0.4) is 0 Å². The van der Waals surface area contributed by atoms with E-state index in [2.05, 4.69) is 10.0 Å². The molecule has 0 aliphatic carbocycles. The van der Waals surface area contributed by atoms with Gasteiger partial charge in [0, 0.05) is 18.3 Å². The van der Waals surface area contributed by atoms with E-state index in [0.717, 1.165) is 27.1 Å². The second kappa shape index (κ2) is 8.42. The number of halogens is 1. The standard InChI is InChI=1S/C22H18ClN3O4S2/c1-13-5-3-4-6-17(13)25-32(29,30)20-11-14(7-9-16(20)23)21(27)24-15-8-10-18-19(12-15)31-22(28)26(18)2/h3-12,25H,1-2H3,(H,24,27). The number of sulfonamides is 1. The number of hydrogen-bond donors (Lipinski definition) is 2. The third-order valence-electron chi connectivity index (χ3n) is 4.92. The fraction of sp³-hybridized carbons (Fsp3) is 0.0909. The molecule has 4 rings (SSSR count). The predicted octanol–water partition coefficient (Wildman–Crippen LogP) is 4.61. The van der Waals surface area contributed by atoms with Crippen LogP contribution in [-0.2, 0) is 17.1 Å². The lowest BCUT2D eigenvalue weighted by molar-refractivity contribution is 0.102. The number of benzene rings is 3. The lowest BCUT2D eigenvalue weighted by Crippen LogP contribution is -2.17. The number of hydrogen-bond acceptors (Lipinski definition) is 5. The number of aromatic nitrogens is 1. The zero-order chi connectivity index (χ0) is 23.0. The summed E-state index contributed by atoms with van der Waals surface area (Å²) in [5, 5.41) is 2.73.